The zero-order valence-corrected chi connectivity index (χ0v) is 18.3. The van der Waals surface area contributed by atoms with Crippen molar-refractivity contribution in [3.8, 4) is 34.7 Å². The number of methoxy groups -OCH3 is 1. The molecule has 1 atom stereocenters. The summed E-state index contributed by atoms with van der Waals surface area (Å²) in [6, 6.07) is 22.1. The molecular formula is C26H22N4O3. The molecule has 5 rings (SSSR count). The molecule has 0 spiro atoms. The van der Waals surface area contributed by atoms with E-state index < -0.39 is 5.92 Å². The summed E-state index contributed by atoms with van der Waals surface area (Å²) < 4.78 is 16.9. The van der Waals surface area contributed by atoms with Gasteiger partial charge in [-0.15, -0.1) is 5.10 Å². The molecule has 0 saturated carbocycles. The van der Waals surface area contributed by atoms with Crippen molar-refractivity contribution in [2.45, 2.75) is 12.8 Å². The van der Waals surface area contributed by atoms with Crippen molar-refractivity contribution < 1.29 is 14.2 Å². The van der Waals surface area contributed by atoms with Crippen LogP contribution in [-0.4, -0.2) is 23.9 Å². The van der Waals surface area contributed by atoms with Crippen LogP contribution in [0.15, 0.2) is 72.1 Å². The molecule has 1 aromatic heterocycles. The zero-order chi connectivity index (χ0) is 22.9. The fourth-order valence-electron chi connectivity index (χ4n) is 4.28. The van der Waals surface area contributed by atoms with Crippen LogP contribution in [0.3, 0.4) is 0 Å². The molecule has 2 heterocycles. The first-order chi connectivity index (χ1) is 16.1. The summed E-state index contributed by atoms with van der Waals surface area (Å²) in [5.74, 6) is 1.24. The number of fused-ring (bicyclic) bond motifs is 2. The number of nitrogens with one attached hydrogen (secondary N) is 1. The van der Waals surface area contributed by atoms with Crippen molar-refractivity contribution in [1.29, 1.82) is 5.26 Å². The van der Waals surface area contributed by atoms with Gasteiger partial charge >= 0.3 is 0 Å². The number of rotatable bonds is 5. The van der Waals surface area contributed by atoms with Crippen LogP contribution in [0.1, 0.15) is 24.0 Å². The van der Waals surface area contributed by atoms with Gasteiger partial charge in [-0.25, -0.2) is 0 Å². The van der Waals surface area contributed by atoms with E-state index in [1.54, 1.807) is 7.11 Å². The molecule has 33 heavy (non-hydrogen) atoms. The minimum absolute atomic E-state index is 0.0606. The van der Waals surface area contributed by atoms with Gasteiger partial charge in [0.05, 0.1) is 30.9 Å². The number of aromatic amines is 1. The van der Waals surface area contributed by atoms with Gasteiger partial charge in [0.2, 0.25) is 11.8 Å². The Bertz CT molecular complexity index is 1430. The summed E-state index contributed by atoms with van der Waals surface area (Å²) in [5, 5.41) is 19.6. The van der Waals surface area contributed by atoms with Gasteiger partial charge in [-0.05, 0) is 41.5 Å². The van der Waals surface area contributed by atoms with E-state index in [0.717, 1.165) is 33.2 Å². The van der Waals surface area contributed by atoms with E-state index in [-0.39, 0.29) is 5.88 Å². The van der Waals surface area contributed by atoms with Crippen molar-refractivity contribution >= 4 is 10.8 Å². The van der Waals surface area contributed by atoms with Crippen LogP contribution in [0.4, 0.5) is 0 Å². The van der Waals surface area contributed by atoms with Crippen LogP contribution in [0.2, 0.25) is 0 Å². The predicted octanol–water partition coefficient (Wildman–Crippen LogP) is 4.86. The largest absolute Gasteiger partial charge is 0.493 e. The summed E-state index contributed by atoms with van der Waals surface area (Å²) in [6.45, 7) is 2.45. The SMILES string of the molecule is CCOc1ccc(-c2[nH]nc3c2[C@@H](c2ccc4ccccc4c2)C(C#N)=C(N)O3)cc1OC. The van der Waals surface area contributed by atoms with Gasteiger partial charge in [-0.2, -0.15) is 5.26 Å². The normalized spacial score (nSPS) is 15.0. The third-order valence-corrected chi connectivity index (χ3v) is 5.80. The molecule has 0 amide bonds. The first kappa shape index (κ1) is 20.5. The number of benzene rings is 3. The molecule has 164 valence electrons. The highest BCUT2D eigenvalue weighted by Crippen LogP contribution is 2.46. The second-order valence-corrected chi connectivity index (χ2v) is 7.65. The second-order valence-electron chi connectivity index (χ2n) is 7.65. The standard InChI is InChI=1S/C26H22N4O3/c1-3-32-20-11-10-18(13-21(20)31-2)24-23-22(19(14-27)25(28)33-26(23)30-29-24)17-9-8-15-6-4-5-7-16(15)12-17/h4-13,22H,3,28H2,1-2H3,(H,29,30)/t22-/m0/s1. The molecule has 0 saturated heterocycles. The van der Waals surface area contributed by atoms with E-state index in [9.17, 15) is 5.26 Å². The molecule has 1 aliphatic rings. The van der Waals surface area contributed by atoms with E-state index in [0.29, 0.717) is 29.6 Å². The lowest BCUT2D eigenvalue weighted by molar-refractivity contribution is 0.311. The molecule has 7 heteroatoms. The highest BCUT2D eigenvalue weighted by atomic mass is 16.5. The van der Waals surface area contributed by atoms with Gasteiger partial charge < -0.3 is 19.9 Å². The van der Waals surface area contributed by atoms with Crippen molar-refractivity contribution in [3.63, 3.8) is 0 Å². The number of hydrogen-bond donors (Lipinski definition) is 2. The molecule has 0 radical (unpaired) electrons. The molecule has 7 nitrogen and oxygen atoms in total. The third kappa shape index (κ3) is 3.42. The van der Waals surface area contributed by atoms with Crippen molar-refractivity contribution in [1.82, 2.24) is 10.2 Å². The average molecular weight is 438 g/mol. The number of allylic oxidation sites excluding steroid dienone is 1. The zero-order valence-electron chi connectivity index (χ0n) is 18.3. The number of hydrogen-bond acceptors (Lipinski definition) is 6. The van der Waals surface area contributed by atoms with Gasteiger partial charge in [-0.1, -0.05) is 42.5 Å². The fraction of sp³-hybridized carbons (Fsp3) is 0.154. The lowest BCUT2D eigenvalue weighted by Crippen LogP contribution is -2.21. The highest BCUT2D eigenvalue weighted by molar-refractivity contribution is 5.84. The first-order valence-electron chi connectivity index (χ1n) is 10.6. The maximum Gasteiger partial charge on any atom is 0.244 e. The molecule has 3 N–H and O–H groups in total. The van der Waals surface area contributed by atoms with Crippen LogP contribution in [0, 0.1) is 11.3 Å². The Hall–Kier alpha value is -4.44. The topological polar surface area (TPSA) is 106 Å². The number of aromatic nitrogens is 2. The van der Waals surface area contributed by atoms with Crippen LogP contribution in [-0.2, 0) is 0 Å². The Morgan fingerprint density at radius 3 is 2.67 bits per heavy atom. The Morgan fingerprint density at radius 2 is 1.91 bits per heavy atom. The maximum absolute atomic E-state index is 9.97. The molecule has 4 aromatic rings. The number of nitriles is 1. The van der Waals surface area contributed by atoms with Crippen LogP contribution >= 0.6 is 0 Å². The Kier molecular flexibility index (Phi) is 5.11. The van der Waals surface area contributed by atoms with Crippen molar-refractivity contribution in [2.24, 2.45) is 5.73 Å². The summed E-state index contributed by atoms with van der Waals surface area (Å²) in [7, 11) is 1.60. The molecule has 3 aromatic carbocycles. The number of ether oxygens (including phenoxy) is 3. The minimum atomic E-state index is -0.435. The Morgan fingerprint density at radius 1 is 1.09 bits per heavy atom. The van der Waals surface area contributed by atoms with E-state index in [1.807, 2.05) is 55.5 Å². The average Bonchev–Trinajstić information content (AvgIpc) is 3.26. The lowest BCUT2D eigenvalue weighted by atomic mass is 9.82. The summed E-state index contributed by atoms with van der Waals surface area (Å²) in [6.07, 6.45) is 0. The first-order valence-corrected chi connectivity index (χ1v) is 10.6. The molecule has 0 bridgehead atoms. The maximum atomic E-state index is 9.97. The smallest absolute Gasteiger partial charge is 0.244 e. The van der Waals surface area contributed by atoms with Crippen molar-refractivity contribution in [2.75, 3.05) is 13.7 Å². The van der Waals surface area contributed by atoms with Crippen LogP contribution in [0.25, 0.3) is 22.0 Å². The molecule has 0 aliphatic carbocycles. The summed E-state index contributed by atoms with van der Waals surface area (Å²) in [5.41, 5.74) is 9.72. The monoisotopic (exact) mass is 438 g/mol. The summed E-state index contributed by atoms with van der Waals surface area (Å²) in [4.78, 5) is 0. The van der Waals surface area contributed by atoms with Gasteiger partial charge in [0.25, 0.3) is 0 Å². The predicted molar refractivity (Wildman–Crippen MR) is 125 cm³/mol. The molecule has 1 aliphatic heterocycles. The molecule has 0 unspecified atom stereocenters. The molecule has 0 fully saturated rings. The van der Waals surface area contributed by atoms with Crippen molar-refractivity contribution in [3.05, 3.63) is 83.2 Å². The number of nitrogens with zero attached hydrogens (tertiary/aromatic N) is 2. The fourth-order valence-corrected chi connectivity index (χ4v) is 4.28. The Balaban J connectivity index is 1.70. The summed E-state index contributed by atoms with van der Waals surface area (Å²) >= 11 is 0. The molecular weight excluding hydrogens is 416 g/mol. The lowest BCUT2D eigenvalue weighted by Gasteiger charge is -2.24. The van der Waals surface area contributed by atoms with Gasteiger partial charge in [0.1, 0.15) is 11.6 Å². The van der Waals surface area contributed by atoms with Crippen LogP contribution < -0.4 is 19.9 Å². The van der Waals surface area contributed by atoms with Crippen LogP contribution in [0.5, 0.6) is 17.4 Å². The second kappa shape index (κ2) is 8.24. The highest BCUT2D eigenvalue weighted by Gasteiger charge is 2.35. The number of H-pyrrole nitrogens is 1. The quantitative estimate of drug-likeness (QED) is 0.461. The van der Waals surface area contributed by atoms with Gasteiger partial charge in [0, 0.05) is 5.56 Å². The van der Waals surface area contributed by atoms with E-state index in [4.69, 9.17) is 19.9 Å². The Labute approximate surface area is 191 Å². The van der Waals surface area contributed by atoms with Gasteiger partial charge in [0.15, 0.2) is 11.5 Å². The van der Waals surface area contributed by atoms with E-state index in [1.165, 1.54) is 0 Å². The van der Waals surface area contributed by atoms with E-state index >= 15 is 0 Å². The van der Waals surface area contributed by atoms with E-state index in [2.05, 4.69) is 28.4 Å². The minimum Gasteiger partial charge on any atom is -0.493 e. The third-order valence-electron chi connectivity index (χ3n) is 5.80. The number of nitrogens with two attached hydrogens (primary N) is 1. The van der Waals surface area contributed by atoms with Gasteiger partial charge in [-0.3, -0.25) is 5.10 Å².